The van der Waals surface area contributed by atoms with Crippen molar-refractivity contribution in [1.29, 1.82) is 0 Å². The highest BCUT2D eigenvalue weighted by Crippen LogP contribution is 2.59. The number of nitrogens with one attached hydrogen (secondary N) is 2. The molecule has 0 radical (unpaired) electrons. The van der Waals surface area contributed by atoms with E-state index in [0.717, 1.165) is 92.2 Å². The van der Waals surface area contributed by atoms with Gasteiger partial charge in [-0.2, -0.15) is 0 Å². The van der Waals surface area contributed by atoms with Crippen LogP contribution in [0.2, 0.25) is 0 Å². The first-order valence-electron chi connectivity index (χ1n) is 30.1. The monoisotopic (exact) mass is 1120 g/mol. The molecule has 3 aromatic carbocycles. The molecule has 1 aromatic heterocycles. The number of hydrogen-bond acceptors (Lipinski definition) is 12. The standard InChI is InChI=1S/C67H85N3O8S2/c1-2-41-28-46-32-59(74)62(78-63-33-47(29-49-17-11-24-69-49)50-21-25-70-66(68)57(50)40-80-79-39-48(37-72)65(63)76)35-53(46)55-34-60(75)64-45(31-52(41)55)20-23-67(22-9-8-19-61(64)77-27-26-71)36-56(43-13-4-3-5-14-43)54-30-44-15-7-6-12-42(44)16-10-18-51(54)58(67)38-73/h3-7,11-15,17,21,24,31-32,35,41,45,47-48,51,54-56,58,60-61,63-65,69-76H,2,8-10,16,18-19,22,25-30,33-34,36-40,68H2,1H3/t41-,45+,47+,48-,51+,54-,55+,56-,58-,60+,61-,63-,64+,65-,67+/m0/s1. The molecule has 1 saturated carbocycles. The number of aromatic amines is 1. The number of aliphatic hydroxyl groups is 5. The summed E-state index contributed by atoms with van der Waals surface area (Å²) in [6.07, 6.45) is 14.8. The molecule has 4 aromatic rings. The lowest BCUT2D eigenvalue weighted by Gasteiger charge is -2.53. The van der Waals surface area contributed by atoms with E-state index in [1.54, 1.807) is 21.6 Å². The van der Waals surface area contributed by atoms with Crippen LogP contribution in [-0.4, -0.2) is 105 Å². The summed E-state index contributed by atoms with van der Waals surface area (Å²) in [5, 5.41) is 73.7. The van der Waals surface area contributed by atoms with Crippen LogP contribution in [-0.2, 0) is 30.4 Å². The summed E-state index contributed by atoms with van der Waals surface area (Å²) in [6, 6.07) is 28.0. The number of aliphatic hydroxyl groups excluding tert-OH is 5. The number of hydrogen-bond donors (Lipinski definition) is 9. The van der Waals surface area contributed by atoms with Gasteiger partial charge in [-0.25, -0.2) is 0 Å². The third-order valence-electron chi connectivity index (χ3n) is 20.0. The quantitative estimate of drug-likeness (QED) is 0.0393. The van der Waals surface area contributed by atoms with Crippen molar-refractivity contribution < 1.29 is 40.1 Å². The maximum atomic E-state index is 13.0. The van der Waals surface area contributed by atoms with Gasteiger partial charge in [-0.1, -0.05) is 126 Å². The number of aromatic hydroxyl groups is 1. The molecular weight excluding hydrogens is 1040 g/mol. The van der Waals surface area contributed by atoms with E-state index in [-0.39, 0.29) is 91.4 Å². The number of phenols is 1. The smallest absolute Gasteiger partial charge is 0.161 e. The second kappa shape index (κ2) is 25.9. The van der Waals surface area contributed by atoms with Crippen molar-refractivity contribution >= 4 is 21.6 Å². The summed E-state index contributed by atoms with van der Waals surface area (Å²) >= 11 is 0. The molecule has 2 fully saturated rings. The number of H-pyrrole nitrogens is 1. The van der Waals surface area contributed by atoms with Gasteiger partial charge in [-0.15, -0.1) is 0 Å². The average Bonchev–Trinajstić information content (AvgIpc) is 3.98. The Labute approximate surface area is 482 Å². The number of benzene rings is 3. The lowest BCUT2D eigenvalue weighted by molar-refractivity contribution is -0.0622. The number of fused-ring (bicyclic) bond motifs is 7. The fraction of sp³-hybridized carbons (Fsp3) is 0.552. The van der Waals surface area contributed by atoms with Crippen molar-refractivity contribution in [1.82, 2.24) is 10.3 Å². The molecule has 0 unspecified atom stereocenters. The number of aryl methyl sites for hydroxylation is 1. The van der Waals surface area contributed by atoms with Gasteiger partial charge in [0.15, 0.2) is 11.5 Å². The number of phenolic OH excluding ortho intramolecular Hbond substituents is 1. The average molecular weight is 1120 g/mol. The molecule has 10 N–H and O–H groups in total. The predicted octanol–water partition coefficient (Wildman–Crippen LogP) is 9.92. The van der Waals surface area contributed by atoms with Crippen molar-refractivity contribution in [2.24, 2.45) is 58.5 Å². The van der Waals surface area contributed by atoms with E-state index in [4.69, 9.17) is 15.2 Å². The second-order valence-electron chi connectivity index (χ2n) is 24.4. The van der Waals surface area contributed by atoms with E-state index >= 15 is 0 Å². The van der Waals surface area contributed by atoms with Crippen molar-refractivity contribution in [3.63, 3.8) is 0 Å². The Hall–Kier alpha value is -4.62. The minimum atomic E-state index is -1.06. The van der Waals surface area contributed by atoms with Crippen LogP contribution in [0.1, 0.15) is 116 Å². The molecular formula is C67H85N3O8S2. The Morgan fingerprint density at radius 3 is 2.48 bits per heavy atom. The molecule has 13 heteroatoms. The van der Waals surface area contributed by atoms with Crippen molar-refractivity contribution in [3.8, 4) is 23.3 Å². The van der Waals surface area contributed by atoms with Gasteiger partial charge >= 0.3 is 0 Å². The highest BCUT2D eigenvalue weighted by molar-refractivity contribution is 8.76. The highest BCUT2D eigenvalue weighted by atomic mass is 33.1. The number of rotatable bonds is 11. The van der Waals surface area contributed by atoms with E-state index < -0.39 is 29.6 Å². The van der Waals surface area contributed by atoms with Gasteiger partial charge in [0.1, 0.15) is 11.9 Å². The third kappa shape index (κ3) is 11.9. The minimum absolute atomic E-state index is 0.00253. The predicted molar refractivity (Wildman–Crippen MR) is 320 cm³/mol. The molecule has 428 valence electrons. The van der Waals surface area contributed by atoms with Crippen LogP contribution >= 0.6 is 21.6 Å². The summed E-state index contributed by atoms with van der Waals surface area (Å²) in [7, 11) is 3.27. The summed E-state index contributed by atoms with van der Waals surface area (Å²) in [6.45, 7) is 2.71. The molecule has 2 aliphatic heterocycles. The van der Waals surface area contributed by atoms with Gasteiger partial charge < -0.3 is 56.1 Å². The Balaban J connectivity index is 0.984. The third-order valence-corrected chi connectivity index (χ3v) is 22.4. The van der Waals surface area contributed by atoms with E-state index in [0.29, 0.717) is 55.5 Å². The zero-order chi connectivity index (χ0) is 55.3. The Morgan fingerprint density at radius 2 is 1.69 bits per heavy atom. The van der Waals surface area contributed by atoms with Gasteiger partial charge in [-0.3, -0.25) is 0 Å². The Morgan fingerprint density at radius 1 is 0.850 bits per heavy atom. The largest absolute Gasteiger partial charge is 0.504 e. The minimum Gasteiger partial charge on any atom is -0.504 e. The summed E-state index contributed by atoms with van der Waals surface area (Å²) in [5.74, 6) is 9.60. The van der Waals surface area contributed by atoms with E-state index in [9.17, 15) is 30.6 Å². The summed E-state index contributed by atoms with van der Waals surface area (Å²) in [4.78, 5) is 3.39. The van der Waals surface area contributed by atoms with Crippen LogP contribution in [0.25, 0.3) is 0 Å². The van der Waals surface area contributed by atoms with Crippen LogP contribution in [0.4, 0.5) is 0 Å². The number of allylic oxidation sites excluding steroid dienone is 3. The summed E-state index contributed by atoms with van der Waals surface area (Å²) in [5.41, 5.74) is 16.9. The molecule has 1 saturated heterocycles. The number of nitrogens with two attached hydrogens (primary N) is 1. The normalized spacial score (nSPS) is 33.7. The van der Waals surface area contributed by atoms with Crippen molar-refractivity contribution in [2.75, 3.05) is 44.5 Å². The molecule has 3 heterocycles. The molecule has 11 nitrogen and oxygen atoms in total. The fourth-order valence-corrected chi connectivity index (χ4v) is 18.5. The van der Waals surface area contributed by atoms with Crippen LogP contribution in [0.15, 0.2) is 120 Å². The van der Waals surface area contributed by atoms with Crippen LogP contribution in [0, 0.1) is 64.6 Å². The number of dihydropyridines is 1. The fourth-order valence-electron chi connectivity index (χ4n) is 16.0. The number of aromatic nitrogens is 1. The van der Waals surface area contributed by atoms with E-state index in [2.05, 4.69) is 102 Å². The molecule has 80 heavy (non-hydrogen) atoms. The SMILES string of the molecule is CC[C@H]1Cc2cc(O)c(O[C@H]3C[C@@H](Cc4ccc[nH]4)C4=CCNC(N)=C4CSSC[C@H](CO)[C@@H]3O)cc2[C@@H]2C[C@@H](O)[C@H]3[C@H](C#C[C@]4(CCCC[C@@H]3OCCO)C[C@@H](c3ccccc3)[C@H]3Cc5ccccc5CCC[C@H]3[C@@H]4CO)C=C12. The van der Waals surface area contributed by atoms with Gasteiger partial charge in [0.05, 0.1) is 31.5 Å². The lowest BCUT2D eigenvalue weighted by atomic mass is 9.50. The molecule has 11 rings (SSSR count). The highest BCUT2D eigenvalue weighted by Gasteiger charge is 2.53. The first kappa shape index (κ1) is 57.2. The number of ether oxygens (including phenoxy) is 2. The molecule has 1 spiro atoms. The first-order valence-corrected chi connectivity index (χ1v) is 32.6. The zero-order valence-electron chi connectivity index (χ0n) is 46.6. The van der Waals surface area contributed by atoms with Gasteiger partial charge in [0, 0.05) is 83.7 Å². The first-order chi connectivity index (χ1) is 39.1. The molecule has 5 aliphatic carbocycles. The zero-order valence-corrected chi connectivity index (χ0v) is 48.2. The molecule has 7 aliphatic rings. The van der Waals surface area contributed by atoms with Crippen molar-refractivity contribution in [2.45, 2.75) is 133 Å². The second-order valence-corrected chi connectivity index (χ2v) is 26.9. The van der Waals surface area contributed by atoms with Gasteiger partial charge in [0.2, 0.25) is 0 Å². The molecule has 0 bridgehead atoms. The topological polar surface area (TPSA) is 194 Å². The van der Waals surface area contributed by atoms with Gasteiger partial charge in [-0.05, 0) is 164 Å². The molecule has 0 amide bonds. The Kier molecular flexibility index (Phi) is 18.5. The maximum Gasteiger partial charge on any atom is 0.161 e. The van der Waals surface area contributed by atoms with Gasteiger partial charge in [0.25, 0.3) is 0 Å². The van der Waals surface area contributed by atoms with E-state index in [1.807, 2.05) is 24.4 Å². The van der Waals surface area contributed by atoms with Crippen LogP contribution in [0.5, 0.6) is 11.5 Å². The Bertz CT molecular complexity index is 2900. The maximum absolute atomic E-state index is 13.0. The lowest BCUT2D eigenvalue weighted by Crippen LogP contribution is -2.49. The van der Waals surface area contributed by atoms with Crippen LogP contribution in [0.3, 0.4) is 0 Å². The van der Waals surface area contributed by atoms with Crippen molar-refractivity contribution in [3.05, 3.63) is 153 Å². The summed E-state index contributed by atoms with van der Waals surface area (Å²) < 4.78 is 13.7. The van der Waals surface area contributed by atoms with Crippen LogP contribution < -0.4 is 15.8 Å². The van der Waals surface area contributed by atoms with E-state index in [1.165, 1.54) is 22.3 Å². The molecule has 15 atom stereocenters.